The van der Waals surface area contributed by atoms with Crippen molar-refractivity contribution in [2.75, 3.05) is 5.32 Å². The Hall–Kier alpha value is -2.76. The van der Waals surface area contributed by atoms with Crippen molar-refractivity contribution >= 4 is 17.6 Å². The summed E-state index contributed by atoms with van der Waals surface area (Å²) in [4.78, 5) is 22.6. The van der Waals surface area contributed by atoms with E-state index in [0.29, 0.717) is 5.56 Å². The molecule has 0 radical (unpaired) electrons. The monoisotopic (exact) mass is 291 g/mol. The second-order valence-electron chi connectivity index (χ2n) is 4.42. The van der Waals surface area contributed by atoms with Gasteiger partial charge in [-0.1, -0.05) is 0 Å². The van der Waals surface area contributed by atoms with Gasteiger partial charge in [0.15, 0.2) is 0 Å². The average molecular weight is 291 g/mol. The van der Waals surface area contributed by atoms with E-state index in [0.717, 1.165) is 18.2 Å². The number of carboxylic acids is 1. The Morgan fingerprint density at radius 2 is 1.67 bits per heavy atom. The molecule has 0 saturated carbocycles. The highest BCUT2D eigenvalue weighted by Crippen LogP contribution is 2.18. The van der Waals surface area contributed by atoms with Crippen LogP contribution in [-0.2, 0) is 0 Å². The average Bonchev–Trinajstić information content (AvgIpc) is 2.43. The summed E-state index contributed by atoms with van der Waals surface area (Å²) in [6, 6.07) is 6.92. The summed E-state index contributed by atoms with van der Waals surface area (Å²) in [5.41, 5.74) is 0.107. The van der Waals surface area contributed by atoms with Crippen molar-refractivity contribution in [2.45, 2.75) is 6.92 Å². The van der Waals surface area contributed by atoms with E-state index in [1.807, 2.05) is 0 Å². The van der Waals surface area contributed by atoms with Crippen LogP contribution in [0.15, 0.2) is 36.4 Å². The number of nitrogens with one attached hydrogen (secondary N) is 1. The zero-order valence-corrected chi connectivity index (χ0v) is 11.0. The first kappa shape index (κ1) is 14.6. The van der Waals surface area contributed by atoms with Crippen molar-refractivity contribution < 1.29 is 23.5 Å². The molecule has 108 valence electrons. The van der Waals surface area contributed by atoms with Gasteiger partial charge >= 0.3 is 5.97 Å². The van der Waals surface area contributed by atoms with E-state index in [-0.39, 0.29) is 16.8 Å². The minimum atomic E-state index is -1.26. The Bertz CT molecular complexity index is 729. The third kappa shape index (κ3) is 3.22. The lowest BCUT2D eigenvalue weighted by atomic mass is 10.1. The number of amides is 1. The lowest BCUT2D eigenvalue weighted by Crippen LogP contribution is -2.13. The SMILES string of the molecule is Cc1cc(C(=O)Nc2ccc(C(=O)O)cc2F)ccc1F. The number of aryl methyl sites for hydroxylation is 1. The summed E-state index contributed by atoms with van der Waals surface area (Å²) < 4.78 is 26.8. The highest BCUT2D eigenvalue weighted by Gasteiger charge is 2.13. The molecule has 2 aromatic rings. The second kappa shape index (κ2) is 5.70. The summed E-state index contributed by atoms with van der Waals surface area (Å²) in [5, 5.41) is 11.0. The molecule has 21 heavy (non-hydrogen) atoms. The highest BCUT2D eigenvalue weighted by molar-refractivity contribution is 6.04. The van der Waals surface area contributed by atoms with E-state index in [4.69, 9.17) is 5.11 Å². The third-order valence-electron chi connectivity index (χ3n) is 2.88. The first-order valence-electron chi connectivity index (χ1n) is 5.99. The van der Waals surface area contributed by atoms with Crippen LogP contribution in [0.3, 0.4) is 0 Å². The number of carbonyl (C=O) groups excluding carboxylic acids is 1. The summed E-state index contributed by atoms with van der Waals surface area (Å²) in [6.45, 7) is 1.51. The Morgan fingerprint density at radius 3 is 2.24 bits per heavy atom. The lowest BCUT2D eigenvalue weighted by Gasteiger charge is -2.08. The van der Waals surface area contributed by atoms with Crippen LogP contribution in [0.1, 0.15) is 26.3 Å². The molecule has 0 aliphatic rings. The van der Waals surface area contributed by atoms with Crippen LogP contribution in [0, 0.1) is 18.6 Å². The predicted octanol–water partition coefficient (Wildman–Crippen LogP) is 3.22. The topological polar surface area (TPSA) is 66.4 Å². The van der Waals surface area contributed by atoms with Crippen LogP contribution in [0.2, 0.25) is 0 Å². The number of halogens is 2. The molecule has 4 nitrogen and oxygen atoms in total. The number of aromatic carboxylic acids is 1. The fourth-order valence-electron chi connectivity index (χ4n) is 1.73. The number of anilines is 1. The zero-order valence-electron chi connectivity index (χ0n) is 11.0. The van der Waals surface area contributed by atoms with E-state index < -0.39 is 23.5 Å². The van der Waals surface area contributed by atoms with E-state index in [1.54, 1.807) is 0 Å². The van der Waals surface area contributed by atoms with Gasteiger partial charge in [-0.15, -0.1) is 0 Å². The molecule has 2 aromatic carbocycles. The number of rotatable bonds is 3. The molecule has 2 N–H and O–H groups in total. The molecular formula is C15H11F2NO3. The van der Waals surface area contributed by atoms with Gasteiger partial charge in [0.1, 0.15) is 11.6 Å². The summed E-state index contributed by atoms with van der Waals surface area (Å²) in [7, 11) is 0. The van der Waals surface area contributed by atoms with Crippen molar-refractivity contribution in [3.8, 4) is 0 Å². The molecule has 0 atom stereocenters. The van der Waals surface area contributed by atoms with E-state index >= 15 is 0 Å². The molecule has 0 aliphatic carbocycles. The maximum absolute atomic E-state index is 13.7. The van der Waals surface area contributed by atoms with Gasteiger partial charge in [-0.05, 0) is 48.9 Å². The van der Waals surface area contributed by atoms with Gasteiger partial charge in [0.2, 0.25) is 0 Å². The number of hydrogen-bond acceptors (Lipinski definition) is 2. The minimum absolute atomic E-state index is 0.146. The molecule has 1 amide bonds. The van der Waals surface area contributed by atoms with E-state index in [1.165, 1.54) is 25.1 Å². The Morgan fingerprint density at radius 1 is 1.00 bits per heavy atom. The van der Waals surface area contributed by atoms with Crippen molar-refractivity contribution in [1.29, 1.82) is 0 Å². The molecule has 0 spiro atoms. The number of hydrogen-bond donors (Lipinski definition) is 2. The Labute approximate surface area is 119 Å². The molecule has 0 saturated heterocycles. The maximum atomic E-state index is 13.7. The molecule has 2 rings (SSSR count). The quantitative estimate of drug-likeness (QED) is 0.912. The van der Waals surface area contributed by atoms with Crippen molar-refractivity contribution in [2.24, 2.45) is 0 Å². The van der Waals surface area contributed by atoms with Gasteiger partial charge in [-0.25, -0.2) is 13.6 Å². The first-order chi connectivity index (χ1) is 9.88. The minimum Gasteiger partial charge on any atom is -0.478 e. The molecule has 0 unspecified atom stereocenters. The predicted molar refractivity (Wildman–Crippen MR) is 72.4 cm³/mol. The Kier molecular flexibility index (Phi) is 3.98. The van der Waals surface area contributed by atoms with Crippen LogP contribution >= 0.6 is 0 Å². The van der Waals surface area contributed by atoms with Crippen molar-refractivity contribution in [3.63, 3.8) is 0 Å². The van der Waals surface area contributed by atoms with Crippen molar-refractivity contribution in [1.82, 2.24) is 0 Å². The van der Waals surface area contributed by atoms with Crippen LogP contribution in [-0.4, -0.2) is 17.0 Å². The largest absolute Gasteiger partial charge is 0.478 e. The molecule has 0 bridgehead atoms. The summed E-state index contributed by atoms with van der Waals surface area (Å²) >= 11 is 0. The standard InChI is InChI=1S/C15H11F2NO3/c1-8-6-9(2-4-11(8)16)14(19)18-13-5-3-10(15(20)21)7-12(13)17/h2-7H,1H3,(H,18,19)(H,20,21). The van der Waals surface area contributed by atoms with Crippen LogP contribution in [0.5, 0.6) is 0 Å². The maximum Gasteiger partial charge on any atom is 0.335 e. The number of carboxylic acid groups (broad SMARTS) is 1. The van der Waals surface area contributed by atoms with Crippen LogP contribution in [0.4, 0.5) is 14.5 Å². The van der Waals surface area contributed by atoms with Gasteiger partial charge in [-0.2, -0.15) is 0 Å². The van der Waals surface area contributed by atoms with Gasteiger partial charge in [-0.3, -0.25) is 4.79 Å². The first-order valence-corrected chi connectivity index (χ1v) is 5.99. The van der Waals surface area contributed by atoms with Gasteiger partial charge in [0.05, 0.1) is 11.3 Å². The summed E-state index contributed by atoms with van der Waals surface area (Å²) in [5.74, 6) is -3.17. The third-order valence-corrected chi connectivity index (χ3v) is 2.88. The van der Waals surface area contributed by atoms with Gasteiger partial charge < -0.3 is 10.4 Å². The molecule has 0 aromatic heterocycles. The fourth-order valence-corrected chi connectivity index (χ4v) is 1.73. The molecule has 0 heterocycles. The zero-order chi connectivity index (χ0) is 15.6. The van der Waals surface area contributed by atoms with Crippen molar-refractivity contribution in [3.05, 3.63) is 64.7 Å². The molecule has 0 fully saturated rings. The van der Waals surface area contributed by atoms with E-state index in [9.17, 15) is 18.4 Å². The molecule has 6 heteroatoms. The Balaban J connectivity index is 2.23. The number of carbonyl (C=O) groups is 2. The normalized spacial score (nSPS) is 10.2. The summed E-state index contributed by atoms with van der Waals surface area (Å²) in [6.07, 6.45) is 0. The lowest BCUT2D eigenvalue weighted by molar-refractivity contribution is 0.0696. The number of benzene rings is 2. The second-order valence-corrected chi connectivity index (χ2v) is 4.42. The van der Waals surface area contributed by atoms with Gasteiger partial charge in [0, 0.05) is 5.56 Å². The molecule has 0 aliphatic heterocycles. The van der Waals surface area contributed by atoms with Gasteiger partial charge in [0.25, 0.3) is 5.91 Å². The van der Waals surface area contributed by atoms with Crippen LogP contribution in [0.25, 0.3) is 0 Å². The van der Waals surface area contributed by atoms with Crippen LogP contribution < -0.4 is 5.32 Å². The smallest absolute Gasteiger partial charge is 0.335 e. The van der Waals surface area contributed by atoms with E-state index in [2.05, 4.69) is 5.32 Å². The highest BCUT2D eigenvalue weighted by atomic mass is 19.1. The fraction of sp³-hybridized carbons (Fsp3) is 0.0667. The molecular weight excluding hydrogens is 280 g/mol.